The normalized spacial score (nSPS) is 32.6. The SMILES string of the molecule is O=C1CCC(C2CCC(C(=O)O)CC2)CC1. The quantitative estimate of drug-likeness (QED) is 0.784. The summed E-state index contributed by atoms with van der Waals surface area (Å²) in [6, 6.07) is 0. The molecule has 0 bridgehead atoms. The zero-order chi connectivity index (χ0) is 11.5. The summed E-state index contributed by atoms with van der Waals surface area (Å²) in [7, 11) is 0. The first kappa shape index (κ1) is 11.6. The predicted octanol–water partition coefficient (Wildman–Crippen LogP) is 2.64. The lowest BCUT2D eigenvalue weighted by Gasteiger charge is -2.34. The van der Waals surface area contributed by atoms with Crippen LogP contribution in [0.2, 0.25) is 0 Å². The maximum Gasteiger partial charge on any atom is 0.306 e. The van der Waals surface area contributed by atoms with Crippen molar-refractivity contribution in [3.05, 3.63) is 0 Å². The molecular weight excluding hydrogens is 204 g/mol. The van der Waals surface area contributed by atoms with Gasteiger partial charge in [0.05, 0.1) is 5.92 Å². The molecule has 2 rings (SSSR count). The van der Waals surface area contributed by atoms with Crippen LogP contribution in [-0.2, 0) is 9.59 Å². The molecule has 2 aliphatic carbocycles. The van der Waals surface area contributed by atoms with Crippen molar-refractivity contribution in [1.29, 1.82) is 0 Å². The van der Waals surface area contributed by atoms with E-state index in [2.05, 4.69) is 0 Å². The van der Waals surface area contributed by atoms with Crippen LogP contribution in [0.1, 0.15) is 51.4 Å². The van der Waals surface area contributed by atoms with Crippen molar-refractivity contribution in [2.24, 2.45) is 17.8 Å². The molecule has 2 saturated carbocycles. The number of carboxylic acid groups (broad SMARTS) is 1. The van der Waals surface area contributed by atoms with Crippen molar-refractivity contribution in [2.45, 2.75) is 51.4 Å². The topological polar surface area (TPSA) is 54.4 Å². The molecule has 0 unspecified atom stereocenters. The van der Waals surface area contributed by atoms with Crippen LogP contribution in [-0.4, -0.2) is 16.9 Å². The van der Waals surface area contributed by atoms with E-state index in [1.165, 1.54) is 0 Å². The Morgan fingerprint density at radius 1 is 0.938 bits per heavy atom. The summed E-state index contributed by atoms with van der Waals surface area (Å²) in [4.78, 5) is 22.0. The Bertz CT molecular complexity index is 267. The fourth-order valence-electron chi connectivity index (χ4n) is 3.27. The zero-order valence-electron chi connectivity index (χ0n) is 9.65. The van der Waals surface area contributed by atoms with E-state index in [1.54, 1.807) is 0 Å². The molecule has 2 aliphatic rings. The fourth-order valence-corrected chi connectivity index (χ4v) is 3.27. The molecule has 1 N–H and O–H groups in total. The van der Waals surface area contributed by atoms with Gasteiger partial charge in [0.1, 0.15) is 5.78 Å². The van der Waals surface area contributed by atoms with Crippen molar-refractivity contribution in [1.82, 2.24) is 0 Å². The van der Waals surface area contributed by atoms with Crippen LogP contribution >= 0.6 is 0 Å². The second-order valence-corrected chi connectivity index (χ2v) is 5.33. The minimum Gasteiger partial charge on any atom is -0.481 e. The Labute approximate surface area is 96.2 Å². The van der Waals surface area contributed by atoms with Gasteiger partial charge in [-0.1, -0.05) is 0 Å². The highest BCUT2D eigenvalue weighted by atomic mass is 16.4. The first-order chi connectivity index (χ1) is 7.66. The summed E-state index contributed by atoms with van der Waals surface area (Å²) in [6.07, 6.45) is 7.37. The molecule has 0 aliphatic heterocycles. The second kappa shape index (κ2) is 4.98. The van der Waals surface area contributed by atoms with Crippen LogP contribution in [0.25, 0.3) is 0 Å². The minimum absolute atomic E-state index is 0.110. The number of hydrogen-bond acceptors (Lipinski definition) is 2. The smallest absolute Gasteiger partial charge is 0.306 e. The zero-order valence-corrected chi connectivity index (χ0v) is 9.65. The van der Waals surface area contributed by atoms with E-state index in [0.717, 1.165) is 51.4 Å². The number of carbonyl (C=O) groups is 2. The average molecular weight is 224 g/mol. The lowest BCUT2D eigenvalue weighted by molar-refractivity contribution is -0.143. The van der Waals surface area contributed by atoms with Crippen molar-refractivity contribution in [3.63, 3.8) is 0 Å². The van der Waals surface area contributed by atoms with Gasteiger partial charge < -0.3 is 5.11 Å². The van der Waals surface area contributed by atoms with E-state index in [-0.39, 0.29) is 5.92 Å². The molecule has 90 valence electrons. The maximum atomic E-state index is 11.2. The van der Waals surface area contributed by atoms with Gasteiger partial charge in [0, 0.05) is 12.8 Å². The standard InChI is InChI=1S/C13H20O3/c14-12-7-5-10(6-8-12)9-1-3-11(4-2-9)13(15)16/h9-11H,1-8H2,(H,15,16). The molecule has 16 heavy (non-hydrogen) atoms. The van der Waals surface area contributed by atoms with E-state index in [9.17, 15) is 9.59 Å². The summed E-state index contributed by atoms with van der Waals surface area (Å²) >= 11 is 0. The molecule has 0 atom stereocenters. The molecule has 0 radical (unpaired) electrons. The van der Waals surface area contributed by atoms with Crippen molar-refractivity contribution in [3.8, 4) is 0 Å². The third kappa shape index (κ3) is 2.63. The van der Waals surface area contributed by atoms with Crippen LogP contribution in [0.3, 0.4) is 0 Å². The van der Waals surface area contributed by atoms with Gasteiger partial charge in [0.15, 0.2) is 0 Å². The summed E-state index contributed by atoms with van der Waals surface area (Å²) in [5.41, 5.74) is 0. The lowest BCUT2D eigenvalue weighted by Crippen LogP contribution is -2.28. The highest BCUT2D eigenvalue weighted by Crippen LogP contribution is 2.39. The molecular formula is C13H20O3. The number of carbonyl (C=O) groups excluding carboxylic acids is 1. The molecule has 0 aromatic carbocycles. The van der Waals surface area contributed by atoms with Gasteiger partial charge in [-0.25, -0.2) is 0 Å². The van der Waals surface area contributed by atoms with Gasteiger partial charge >= 0.3 is 5.97 Å². The lowest BCUT2D eigenvalue weighted by atomic mass is 9.71. The molecule has 0 saturated heterocycles. The first-order valence-electron chi connectivity index (χ1n) is 6.41. The fraction of sp³-hybridized carbons (Fsp3) is 0.846. The van der Waals surface area contributed by atoms with Crippen LogP contribution in [0.4, 0.5) is 0 Å². The molecule has 0 aromatic heterocycles. The number of hydrogen-bond donors (Lipinski definition) is 1. The van der Waals surface area contributed by atoms with Gasteiger partial charge in [0.2, 0.25) is 0 Å². The summed E-state index contributed by atoms with van der Waals surface area (Å²) in [5, 5.41) is 8.92. The highest BCUT2D eigenvalue weighted by Gasteiger charge is 2.32. The van der Waals surface area contributed by atoms with E-state index < -0.39 is 5.97 Å². The Kier molecular flexibility index (Phi) is 3.62. The van der Waals surface area contributed by atoms with E-state index in [4.69, 9.17) is 5.11 Å². The van der Waals surface area contributed by atoms with E-state index in [0.29, 0.717) is 17.6 Å². The van der Waals surface area contributed by atoms with Crippen LogP contribution in [0, 0.1) is 17.8 Å². The Balaban J connectivity index is 1.80. The van der Waals surface area contributed by atoms with E-state index in [1.807, 2.05) is 0 Å². The van der Waals surface area contributed by atoms with Crippen LogP contribution < -0.4 is 0 Å². The molecule has 3 heteroatoms. The molecule has 0 heterocycles. The second-order valence-electron chi connectivity index (χ2n) is 5.33. The minimum atomic E-state index is -0.628. The van der Waals surface area contributed by atoms with E-state index >= 15 is 0 Å². The number of aliphatic carboxylic acids is 1. The third-order valence-corrected chi connectivity index (χ3v) is 4.38. The molecule has 0 spiro atoms. The summed E-state index contributed by atoms with van der Waals surface area (Å²) in [6.45, 7) is 0. The number of rotatable bonds is 2. The highest BCUT2D eigenvalue weighted by molar-refractivity contribution is 5.79. The Morgan fingerprint density at radius 3 is 1.94 bits per heavy atom. The summed E-state index contributed by atoms with van der Waals surface area (Å²) in [5.74, 6) is 1.05. The average Bonchev–Trinajstić information content (AvgIpc) is 2.30. The van der Waals surface area contributed by atoms with Gasteiger partial charge in [-0.2, -0.15) is 0 Å². The monoisotopic (exact) mass is 224 g/mol. The molecule has 2 fully saturated rings. The maximum absolute atomic E-state index is 11.2. The largest absolute Gasteiger partial charge is 0.481 e. The van der Waals surface area contributed by atoms with Gasteiger partial charge in [0.25, 0.3) is 0 Å². The third-order valence-electron chi connectivity index (χ3n) is 4.38. The van der Waals surface area contributed by atoms with Gasteiger partial charge in [-0.3, -0.25) is 9.59 Å². The number of carboxylic acids is 1. The number of ketones is 1. The van der Waals surface area contributed by atoms with Crippen molar-refractivity contribution >= 4 is 11.8 Å². The molecule has 0 aromatic rings. The van der Waals surface area contributed by atoms with Gasteiger partial charge in [-0.05, 0) is 50.4 Å². The Morgan fingerprint density at radius 2 is 1.44 bits per heavy atom. The predicted molar refractivity (Wildman–Crippen MR) is 60.0 cm³/mol. The van der Waals surface area contributed by atoms with Crippen LogP contribution in [0.5, 0.6) is 0 Å². The first-order valence-corrected chi connectivity index (χ1v) is 6.41. The molecule has 0 amide bonds. The summed E-state index contributed by atoms with van der Waals surface area (Å²) < 4.78 is 0. The van der Waals surface area contributed by atoms with Gasteiger partial charge in [-0.15, -0.1) is 0 Å². The molecule has 3 nitrogen and oxygen atoms in total. The number of Topliss-reactive ketones (excluding diaryl/α,β-unsaturated/α-hetero) is 1. The van der Waals surface area contributed by atoms with Crippen molar-refractivity contribution in [2.75, 3.05) is 0 Å². The van der Waals surface area contributed by atoms with Crippen molar-refractivity contribution < 1.29 is 14.7 Å². The van der Waals surface area contributed by atoms with Crippen LogP contribution in [0.15, 0.2) is 0 Å². The Hall–Kier alpha value is -0.860.